The van der Waals surface area contributed by atoms with Crippen LogP contribution in [0.4, 0.5) is 14.6 Å². The average Bonchev–Trinajstić information content (AvgIpc) is 3.30. The maximum absolute atomic E-state index is 14.0. The number of hydrogen-bond donors (Lipinski definition) is 0. The lowest BCUT2D eigenvalue weighted by Gasteiger charge is -2.15. The molecule has 0 spiro atoms. The molecule has 9 heteroatoms. The van der Waals surface area contributed by atoms with Gasteiger partial charge in [-0.25, -0.2) is 12.8 Å². The minimum atomic E-state index is -4.78. The number of sulfonamides is 1. The van der Waals surface area contributed by atoms with Gasteiger partial charge in [-0.15, -0.1) is 0 Å². The molecule has 3 rings (SSSR count). The van der Waals surface area contributed by atoms with E-state index in [-0.39, 0.29) is 17.0 Å². The third-order valence-corrected chi connectivity index (χ3v) is 5.21. The number of nitrogens with zero attached hydrogens (tertiary/aromatic N) is 2. The first-order chi connectivity index (χ1) is 11.3. The fraction of sp³-hybridized carbons (Fsp3) is 0.333. The van der Waals surface area contributed by atoms with Gasteiger partial charge < -0.3 is 4.52 Å². The lowest BCUT2D eigenvalue weighted by molar-refractivity contribution is 0.103. The van der Waals surface area contributed by atoms with Gasteiger partial charge in [-0.1, -0.05) is 26.3 Å². The number of ketones is 1. The zero-order chi connectivity index (χ0) is 17.5. The van der Waals surface area contributed by atoms with Gasteiger partial charge in [0.05, 0.1) is 17.4 Å². The number of alkyl halides is 1. The van der Waals surface area contributed by atoms with Crippen molar-refractivity contribution in [3.8, 4) is 0 Å². The van der Waals surface area contributed by atoms with Crippen molar-refractivity contribution >= 4 is 21.5 Å². The van der Waals surface area contributed by atoms with E-state index in [4.69, 9.17) is 4.52 Å². The standard InChI is InChI=1S/C15H14F2N2O4S/c1-9(16)24(21,22)19(17)12-4-2-3-11(7-12)14(20)13-8-18-23-15(13)10-5-6-10/h2-4,7-10H,5-6H2,1H3. The van der Waals surface area contributed by atoms with Crippen molar-refractivity contribution < 1.29 is 26.6 Å². The number of anilines is 1. The third kappa shape index (κ3) is 2.91. The van der Waals surface area contributed by atoms with Crippen LogP contribution in [0.2, 0.25) is 0 Å². The van der Waals surface area contributed by atoms with Gasteiger partial charge in [-0.05, 0) is 31.9 Å². The Kier molecular flexibility index (Phi) is 4.12. The molecule has 0 N–H and O–H groups in total. The molecular weight excluding hydrogens is 342 g/mol. The Morgan fingerprint density at radius 1 is 1.42 bits per heavy atom. The molecular formula is C15H14F2N2O4S. The Labute approximate surface area is 137 Å². The van der Waals surface area contributed by atoms with E-state index >= 15 is 0 Å². The number of carbonyl (C=O) groups excluding carboxylic acids is 1. The van der Waals surface area contributed by atoms with Gasteiger partial charge in [-0.2, -0.15) is 0 Å². The molecule has 2 aromatic rings. The van der Waals surface area contributed by atoms with Gasteiger partial charge in [-0.3, -0.25) is 4.79 Å². The summed E-state index contributed by atoms with van der Waals surface area (Å²) in [5.41, 5.74) is -2.54. The molecule has 1 aromatic carbocycles. The highest BCUT2D eigenvalue weighted by atomic mass is 32.2. The molecule has 0 bridgehead atoms. The van der Waals surface area contributed by atoms with Crippen LogP contribution in [0.3, 0.4) is 0 Å². The Morgan fingerprint density at radius 3 is 2.75 bits per heavy atom. The number of halogens is 2. The average molecular weight is 356 g/mol. The van der Waals surface area contributed by atoms with Gasteiger partial charge in [0.1, 0.15) is 0 Å². The SMILES string of the molecule is CC(F)S(=O)(=O)N(F)c1cccc(C(=O)c2cnoc2C2CC2)c1. The molecule has 1 saturated carbocycles. The highest BCUT2D eigenvalue weighted by Crippen LogP contribution is 2.42. The number of rotatable bonds is 6. The van der Waals surface area contributed by atoms with Crippen molar-refractivity contribution in [1.29, 1.82) is 0 Å². The van der Waals surface area contributed by atoms with Crippen LogP contribution in [0, 0.1) is 0 Å². The zero-order valence-corrected chi connectivity index (χ0v) is 13.5. The maximum atomic E-state index is 14.0. The summed E-state index contributed by atoms with van der Waals surface area (Å²) in [6.07, 6.45) is 3.09. The van der Waals surface area contributed by atoms with Crippen molar-refractivity contribution in [2.24, 2.45) is 0 Å². The Bertz CT molecular complexity index is 875. The summed E-state index contributed by atoms with van der Waals surface area (Å²) in [7, 11) is -4.78. The molecule has 0 aliphatic heterocycles. The van der Waals surface area contributed by atoms with Gasteiger partial charge in [0, 0.05) is 11.5 Å². The van der Waals surface area contributed by atoms with E-state index in [1.54, 1.807) is 0 Å². The highest BCUT2D eigenvalue weighted by molar-refractivity contribution is 7.93. The maximum Gasteiger partial charge on any atom is 0.293 e. The summed E-state index contributed by atoms with van der Waals surface area (Å²) in [6.45, 7) is 0.718. The summed E-state index contributed by atoms with van der Waals surface area (Å²) < 4.78 is 54.7. The topological polar surface area (TPSA) is 80.5 Å². The summed E-state index contributed by atoms with van der Waals surface area (Å²) in [4.78, 5) is 12.6. The molecule has 1 aliphatic carbocycles. The van der Waals surface area contributed by atoms with Crippen LogP contribution in [0.15, 0.2) is 35.0 Å². The molecule has 24 heavy (non-hydrogen) atoms. The highest BCUT2D eigenvalue weighted by Gasteiger charge is 2.33. The Morgan fingerprint density at radius 2 is 2.12 bits per heavy atom. The second-order valence-electron chi connectivity index (χ2n) is 5.56. The molecule has 0 saturated heterocycles. The van der Waals surface area contributed by atoms with E-state index in [0.717, 1.165) is 31.9 Å². The summed E-state index contributed by atoms with van der Waals surface area (Å²) >= 11 is 0. The summed E-state index contributed by atoms with van der Waals surface area (Å²) in [6, 6.07) is 4.91. The molecule has 128 valence electrons. The fourth-order valence-electron chi connectivity index (χ4n) is 2.25. The first-order valence-electron chi connectivity index (χ1n) is 7.25. The van der Waals surface area contributed by atoms with Crippen LogP contribution in [0.25, 0.3) is 0 Å². The first kappa shape index (κ1) is 16.6. The zero-order valence-electron chi connectivity index (χ0n) is 12.6. The van der Waals surface area contributed by atoms with E-state index < -0.39 is 31.5 Å². The molecule has 1 unspecified atom stereocenters. The molecule has 1 atom stereocenters. The number of hydrogen-bond acceptors (Lipinski definition) is 5. The van der Waals surface area contributed by atoms with Crippen LogP contribution >= 0.6 is 0 Å². The van der Waals surface area contributed by atoms with Gasteiger partial charge in [0.25, 0.3) is 10.0 Å². The molecule has 1 heterocycles. The van der Waals surface area contributed by atoms with E-state index in [9.17, 15) is 22.1 Å². The normalized spacial score (nSPS) is 16.0. The van der Waals surface area contributed by atoms with Gasteiger partial charge in [0.15, 0.2) is 11.5 Å². The molecule has 1 aromatic heterocycles. The molecule has 0 radical (unpaired) electrons. The fourth-order valence-corrected chi connectivity index (χ4v) is 2.91. The predicted molar refractivity (Wildman–Crippen MR) is 81.4 cm³/mol. The lowest BCUT2D eigenvalue weighted by atomic mass is 10.0. The van der Waals surface area contributed by atoms with Gasteiger partial charge in [0.2, 0.25) is 5.50 Å². The van der Waals surface area contributed by atoms with Crippen LogP contribution < -0.4 is 4.53 Å². The minimum Gasteiger partial charge on any atom is -0.360 e. The molecule has 6 nitrogen and oxygen atoms in total. The predicted octanol–water partition coefficient (Wildman–Crippen LogP) is 3.12. The monoisotopic (exact) mass is 356 g/mol. The molecule has 1 fully saturated rings. The van der Waals surface area contributed by atoms with Crippen molar-refractivity contribution in [3.63, 3.8) is 0 Å². The van der Waals surface area contributed by atoms with Crippen LogP contribution in [0.5, 0.6) is 0 Å². The summed E-state index contributed by atoms with van der Waals surface area (Å²) in [5, 5.41) is 3.62. The summed E-state index contributed by atoms with van der Waals surface area (Å²) in [5.74, 6) is 0.173. The van der Waals surface area contributed by atoms with Crippen molar-refractivity contribution in [1.82, 2.24) is 5.16 Å². The second kappa shape index (κ2) is 5.97. The number of aromatic nitrogens is 1. The van der Waals surface area contributed by atoms with E-state index in [1.807, 2.05) is 0 Å². The van der Waals surface area contributed by atoms with Crippen LogP contribution in [-0.2, 0) is 10.0 Å². The Hall–Kier alpha value is -2.29. The van der Waals surface area contributed by atoms with Crippen molar-refractivity contribution in [3.05, 3.63) is 47.3 Å². The molecule has 0 amide bonds. The van der Waals surface area contributed by atoms with E-state index in [1.165, 1.54) is 18.3 Å². The minimum absolute atomic E-state index is 0.0574. The van der Waals surface area contributed by atoms with Crippen LogP contribution in [0.1, 0.15) is 47.4 Å². The molecule has 1 aliphatic rings. The van der Waals surface area contributed by atoms with Crippen molar-refractivity contribution in [2.75, 3.05) is 4.53 Å². The third-order valence-electron chi connectivity index (χ3n) is 3.74. The smallest absolute Gasteiger partial charge is 0.293 e. The van der Waals surface area contributed by atoms with Gasteiger partial charge >= 0.3 is 0 Å². The number of carbonyl (C=O) groups is 1. The van der Waals surface area contributed by atoms with E-state index in [0.29, 0.717) is 5.76 Å². The Balaban J connectivity index is 1.93. The van der Waals surface area contributed by atoms with Crippen molar-refractivity contribution in [2.45, 2.75) is 31.2 Å². The quantitative estimate of drug-likeness (QED) is 0.587. The van der Waals surface area contributed by atoms with E-state index in [2.05, 4.69) is 5.16 Å². The first-order valence-corrected chi connectivity index (χ1v) is 8.76. The number of benzene rings is 1. The van der Waals surface area contributed by atoms with Crippen LogP contribution in [-0.4, -0.2) is 24.9 Å². The lowest BCUT2D eigenvalue weighted by Crippen LogP contribution is -2.29. The second-order valence-corrected chi connectivity index (χ2v) is 7.56. The largest absolute Gasteiger partial charge is 0.360 e.